The molecule has 3 aromatic rings. The first-order valence-corrected chi connectivity index (χ1v) is 11.2. The average Bonchev–Trinajstić information content (AvgIpc) is 3.26. The van der Waals surface area contributed by atoms with Gasteiger partial charge < -0.3 is 9.57 Å². The number of nitro benzene ring substituents is 1. The molecule has 0 amide bonds. The number of aliphatic imine (C=N–C) groups is 1. The van der Waals surface area contributed by atoms with Gasteiger partial charge >= 0.3 is 0 Å². The molecule has 0 aliphatic carbocycles. The van der Waals surface area contributed by atoms with E-state index in [-0.39, 0.29) is 10.3 Å². The summed E-state index contributed by atoms with van der Waals surface area (Å²) >= 11 is 0. The van der Waals surface area contributed by atoms with Crippen LogP contribution in [0.15, 0.2) is 83.9 Å². The molecular weight excluding hydrogens is 418 g/mol. The number of nitrogens with zero attached hydrogens (tertiary/aromatic N) is 3. The van der Waals surface area contributed by atoms with Crippen LogP contribution in [0, 0.1) is 10.1 Å². The molecular formula is C26H28N3O4+. The number of rotatable bonds is 10. The molecule has 4 rings (SSSR count). The van der Waals surface area contributed by atoms with Crippen LogP contribution < -0.4 is 9.57 Å². The molecule has 1 aliphatic rings. The summed E-state index contributed by atoms with van der Waals surface area (Å²) in [7, 11) is 0. The van der Waals surface area contributed by atoms with Crippen LogP contribution in [0.4, 0.5) is 5.69 Å². The predicted octanol–water partition coefficient (Wildman–Crippen LogP) is 5.54. The normalized spacial score (nSPS) is 17.4. The van der Waals surface area contributed by atoms with E-state index in [1.54, 1.807) is 12.1 Å². The molecule has 7 heteroatoms. The van der Waals surface area contributed by atoms with Crippen molar-refractivity contribution < 1.29 is 19.1 Å². The van der Waals surface area contributed by atoms with Gasteiger partial charge in [0.15, 0.2) is 5.75 Å². The molecule has 170 valence electrons. The van der Waals surface area contributed by atoms with Crippen molar-refractivity contribution in [3.63, 3.8) is 0 Å². The van der Waals surface area contributed by atoms with E-state index >= 15 is 0 Å². The van der Waals surface area contributed by atoms with E-state index in [0.717, 1.165) is 36.3 Å². The quantitative estimate of drug-likeness (QED) is 0.233. The fourth-order valence-electron chi connectivity index (χ4n) is 3.95. The second-order valence-electron chi connectivity index (χ2n) is 8.01. The molecule has 0 bridgehead atoms. The van der Waals surface area contributed by atoms with Crippen LogP contribution in [-0.2, 0) is 6.61 Å². The number of non-ortho nitro benzene ring substituents is 1. The van der Waals surface area contributed by atoms with Gasteiger partial charge in [0.05, 0.1) is 17.0 Å². The van der Waals surface area contributed by atoms with Gasteiger partial charge in [0.1, 0.15) is 19.7 Å². The van der Waals surface area contributed by atoms with E-state index in [4.69, 9.17) is 14.6 Å². The largest absolute Gasteiger partial charge is 0.485 e. The van der Waals surface area contributed by atoms with Gasteiger partial charge in [0.2, 0.25) is 5.75 Å². The number of ether oxygens (including phenoxy) is 1. The third kappa shape index (κ3) is 5.21. The SMILES string of the molecule is CCCC[N+]1(Oc2ccccc2OCc2ccccc2)CCN=C1c1ccc([N+](=O)[O-])cc1. The minimum absolute atomic E-state index is 0.0598. The molecule has 0 spiro atoms. The molecule has 7 nitrogen and oxygen atoms in total. The van der Waals surface area contributed by atoms with Crippen molar-refractivity contribution in [3.05, 3.63) is 100 Å². The molecule has 3 aromatic carbocycles. The Bertz CT molecular complexity index is 1120. The summed E-state index contributed by atoms with van der Waals surface area (Å²) < 4.78 is 6.35. The van der Waals surface area contributed by atoms with Crippen LogP contribution in [-0.4, -0.2) is 35.0 Å². The fourth-order valence-corrected chi connectivity index (χ4v) is 3.95. The number of unbranched alkanes of at least 4 members (excludes halogenated alkanes) is 1. The maximum absolute atomic E-state index is 11.1. The number of quaternary nitrogens is 1. The predicted molar refractivity (Wildman–Crippen MR) is 127 cm³/mol. The Balaban J connectivity index is 1.61. The lowest BCUT2D eigenvalue weighted by atomic mass is 10.1. The van der Waals surface area contributed by atoms with Crippen LogP contribution in [0.1, 0.15) is 30.9 Å². The van der Waals surface area contributed by atoms with Gasteiger partial charge in [-0.25, -0.2) is 4.99 Å². The lowest BCUT2D eigenvalue weighted by Gasteiger charge is -2.32. The third-order valence-corrected chi connectivity index (χ3v) is 5.68. The lowest BCUT2D eigenvalue weighted by Crippen LogP contribution is -2.54. The molecule has 0 N–H and O–H groups in total. The van der Waals surface area contributed by atoms with Crippen molar-refractivity contribution in [1.29, 1.82) is 0 Å². The van der Waals surface area contributed by atoms with Crippen LogP contribution in [0.3, 0.4) is 0 Å². The molecule has 1 aliphatic heterocycles. The zero-order valence-corrected chi connectivity index (χ0v) is 18.7. The van der Waals surface area contributed by atoms with Crippen molar-refractivity contribution in [1.82, 2.24) is 0 Å². The molecule has 1 atom stereocenters. The fraction of sp³-hybridized carbons (Fsp3) is 0.269. The standard InChI is InChI=1S/C26H28N3O4/c1-2-3-18-29(19-17-27-26(29)22-13-15-23(16-14-22)28(30)31)33-25-12-8-7-11-24(25)32-20-21-9-5-4-6-10-21/h4-16H,2-3,17-20H2,1H3/q+1. The molecule has 1 heterocycles. The van der Waals surface area contributed by atoms with Crippen molar-refractivity contribution in [2.24, 2.45) is 4.99 Å². The van der Waals surface area contributed by atoms with E-state index in [1.807, 2.05) is 54.6 Å². The van der Waals surface area contributed by atoms with Gasteiger partial charge in [-0.2, -0.15) is 0 Å². The number of para-hydroxylation sites is 2. The van der Waals surface area contributed by atoms with Crippen LogP contribution >= 0.6 is 0 Å². The topological polar surface area (TPSA) is 74.0 Å². The lowest BCUT2D eigenvalue weighted by molar-refractivity contribution is -1.000. The van der Waals surface area contributed by atoms with Crippen molar-refractivity contribution in [2.75, 3.05) is 19.6 Å². The highest BCUT2D eigenvalue weighted by atomic mass is 16.7. The van der Waals surface area contributed by atoms with Crippen LogP contribution in [0.5, 0.6) is 11.5 Å². The number of benzene rings is 3. The van der Waals surface area contributed by atoms with E-state index < -0.39 is 4.92 Å². The first kappa shape index (κ1) is 22.5. The van der Waals surface area contributed by atoms with Gasteiger partial charge in [-0.15, -0.1) is 0 Å². The Morgan fingerprint density at radius 1 is 0.970 bits per heavy atom. The van der Waals surface area contributed by atoms with Crippen molar-refractivity contribution in [2.45, 2.75) is 26.4 Å². The zero-order valence-electron chi connectivity index (χ0n) is 18.7. The third-order valence-electron chi connectivity index (χ3n) is 5.68. The summed E-state index contributed by atoms with van der Waals surface area (Å²) in [5.41, 5.74) is 1.97. The van der Waals surface area contributed by atoms with Gasteiger partial charge in [0, 0.05) is 18.6 Å². The Kier molecular flexibility index (Phi) is 7.00. The number of hydrogen-bond donors (Lipinski definition) is 0. The number of hydrogen-bond acceptors (Lipinski definition) is 5. The number of nitro groups is 1. The smallest absolute Gasteiger partial charge is 0.272 e. The highest BCUT2D eigenvalue weighted by Crippen LogP contribution is 2.33. The Hall–Kier alpha value is -3.71. The maximum atomic E-state index is 11.1. The number of hydroxylamine groups is 3. The summed E-state index contributed by atoms with van der Waals surface area (Å²) in [6.45, 7) is 4.66. The molecule has 0 radical (unpaired) electrons. The van der Waals surface area contributed by atoms with Gasteiger partial charge in [-0.1, -0.05) is 60.5 Å². The minimum Gasteiger partial charge on any atom is -0.485 e. The van der Waals surface area contributed by atoms with Crippen LogP contribution in [0.2, 0.25) is 0 Å². The monoisotopic (exact) mass is 446 g/mol. The summed E-state index contributed by atoms with van der Waals surface area (Å²) in [5.74, 6) is 2.11. The molecule has 0 saturated carbocycles. The Morgan fingerprint density at radius 2 is 1.67 bits per heavy atom. The second kappa shape index (κ2) is 10.3. The van der Waals surface area contributed by atoms with Gasteiger partial charge in [-0.3, -0.25) is 10.1 Å². The first-order chi connectivity index (χ1) is 16.1. The van der Waals surface area contributed by atoms with E-state index in [9.17, 15) is 10.1 Å². The van der Waals surface area contributed by atoms with Gasteiger partial charge in [0.25, 0.3) is 11.5 Å². The summed E-state index contributed by atoms with van der Waals surface area (Å²) in [5, 5.41) is 11.1. The molecule has 33 heavy (non-hydrogen) atoms. The molecule has 0 fully saturated rings. The Labute approximate surface area is 193 Å². The molecule has 0 aromatic heterocycles. The van der Waals surface area contributed by atoms with Crippen molar-refractivity contribution >= 4 is 11.5 Å². The molecule has 1 unspecified atom stereocenters. The highest BCUT2D eigenvalue weighted by Gasteiger charge is 2.43. The zero-order chi connectivity index (χ0) is 23.1. The van der Waals surface area contributed by atoms with Crippen LogP contribution in [0.25, 0.3) is 0 Å². The number of amidine groups is 1. The summed E-state index contributed by atoms with van der Waals surface area (Å²) in [6, 6.07) is 24.2. The average molecular weight is 447 g/mol. The maximum Gasteiger partial charge on any atom is 0.272 e. The second-order valence-corrected chi connectivity index (χ2v) is 8.01. The van der Waals surface area contributed by atoms with Gasteiger partial charge in [-0.05, 0) is 29.8 Å². The highest BCUT2D eigenvalue weighted by molar-refractivity contribution is 5.94. The summed E-state index contributed by atoms with van der Waals surface area (Å²) in [4.78, 5) is 22.1. The van der Waals surface area contributed by atoms with E-state index in [2.05, 4.69) is 6.92 Å². The van der Waals surface area contributed by atoms with Crippen molar-refractivity contribution in [3.8, 4) is 11.5 Å². The molecule has 0 saturated heterocycles. The van der Waals surface area contributed by atoms with E-state index in [0.29, 0.717) is 31.2 Å². The first-order valence-electron chi connectivity index (χ1n) is 11.2. The van der Waals surface area contributed by atoms with E-state index in [1.165, 1.54) is 12.1 Å². The summed E-state index contributed by atoms with van der Waals surface area (Å²) in [6.07, 6.45) is 1.97. The minimum atomic E-state index is -0.393. The Morgan fingerprint density at radius 3 is 2.36 bits per heavy atom.